The molecular weight excluding hydrogens is 464 g/mol. The number of urea groups is 1. The van der Waals surface area contributed by atoms with Crippen LogP contribution >= 0.6 is 58.2 Å². The zero-order chi connectivity index (χ0) is 20.2. The van der Waals surface area contributed by atoms with Gasteiger partial charge in [-0.25, -0.2) is 4.79 Å². The number of benzene rings is 2. The molecule has 0 spiro atoms. The van der Waals surface area contributed by atoms with E-state index < -0.39 is 22.0 Å². The highest BCUT2D eigenvalue weighted by atomic mass is 35.5. The predicted molar refractivity (Wildman–Crippen MR) is 106 cm³/mol. The third kappa shape index (κ3) is 6.12. The van der Waals surface area contributed by atoms with Gasteiger partial charge in [-0.15, -0.1) is 0 Å². The summed E-state index contributed by atoms with van der Waals surface area (Å²) in [5, 5.41) is 1.28. The van der Waals surface area contributed by atoms with Crippen LogP contribution in [0.25, 0.3) is 0 Å². The lowest BCUT2D eigenvalue weighted by atomic mass is 10.2. The average molecular weight is 474 g/mol. The van der Waals surface area contributed by atoms with E-state index in [9.17, 15) is 18.4 Å². The highest BCUT2D eigenvalue weighted by Crippen LogP contribution is 2.42. The third-order valence-electron chi connectivity index (χ3n) is 3.04. The number of hydrogen-bond acceptors (Lipinski definition) is 3. The summed E-state index contributed by atoms with van der Waals surface area (Å²) in [6, 6.07) is 9.07. The Morgan fingerprint density at radius 3 is 2.07 bits per heavy atom. The van der Waals surface area contributed by atoms with Gasteiger partial charge < -0.3 is 5.32 Å². The van der Waals surface area contributed by atoms with E-state index in [1.807, 2.05) is 0 Å². The molecule has 0 saturated carbocycles. The number of carbonyl (C=O) groups is 2. The first-order valence-electron chi connectivity index (χ1n) is 7.11. The van der Waals surface area contributed by atoms with Crippen LogP contribution in [0.15, 0.2) is 47.4 Å². The van der Waals surface area contributed by atoms with Gasteiger partial charge in [-0.2, -0.15) is 8.78 Å². The monoisotopic (exact) mass is 472 g/mol. The second kappa shape index (κ2) is 9.30. The molecule has 2 aromatic carbocycles. The van der Waals surface area contributed by atoms with Crippen LogP contribution in [0.4, 0.5) is 19.3 Å². The van der Waals surface area contributed by atoms with Crippen molar-refractivity contribution in [2.45, 2.75) is 15.0 Å². The van der Waals surface area contributed by atoms with Gasteiger partial charge in [0.15, 0.2) is 4.84 Å². The Morgan fingerprint density at radius 2 is 1.56 bits per heavy atom. The Morgan fingerprint density at radius 1 is 1.00 bits per heavy atom. The van der Waals surface area contributed by atoms with Crippen molar-refractivity contribution in [1.82, 2.24) is 5.32 Å². The first-order valence-corrected chi connectivity index (χ1v) is 9.56. The number of amides is 3. The summed E-state index contributed by atoms with van der Waals surface area (Å²) in [6.45, 7) is 0. The molecule has 27 heavy (non-hydrogen) atoms. The zero-order valence-electron chi connectivity index (χ0n) is 13.1. The maximum atomic E-state index is 13.5. The van der Waals surface area contributed by atoms with Crippen molar-refractivity contribution in [2.75, 3.05) is 5.32 Å². The highest BCUT2D eigenvalue weighted by molar-refractivity contribution is 8.00. The lowest BCUT2D eigenvalue weighted by molar-refractivity contribution is 0.0967. The summed E-state index contributed by atoms with van der Waals surface area (Å²) >= 11 is 22.4. The van der Waals surface area contributed by atoms with E-state index in [0.717, 1.165) is 0 Å². The second-order valence-electron chi connectivity index (χ2n) is 4.99. The minimum atomic E-state index is -3.37. The minimum Gasteiger partial charge on any atom is -0.308 e. The van der Waals surface area contributed by atoms with Crippen LogP contribution < -0.4 is 10.6 Å². The van der Waals surface area contributed by atoms with E-state index in [2.05, 4.69) is 10.6 Å². The first-order chi connectivity index (χ1) is 12.6. The molecule has 4 nitrogen and oxygen atoms in total. The molecule has 0 bridgehead atoms. The van der Waals surface area contributed by atoms with Crippen molar-refractivity contribution in [2.24, 2.45) is 0 Å². The lowest BCUT2D eigenvalue weighted by Crippen LogP contribution is -2.34. The molecule has 0 aromatic heterocycles. The largest absolute Gasteiger partial charge is 0.327 e. The number of carbonyl (C=O) groups excluding carboxylic acids is 2. The second-order valence-corrected chi connectivity index (χ2v) is 8.12. The molecule has 0 fully saturated rings. The van der Waals surface area contributed by atoms with Crippen LogP contribution in [-0.2, 0) is 0 Å². The van der Waals surface area contributed by atoms with Gasteiger partial charge in [0.25, 0.3) is 5.91 Å². The van der Waals surface area contributed by atoms with E-state index in [1.165, 1.54) is 36.4 Å². The van der Waals surface area contributed by atoms with Crippen LogP contribution in [0.5, 0.6) is 0 Å². The summed E-state index contributed by atoms with van der Waals surface area (Å²) in [4.78, 5) is 22.4. The molecule has 0 heterocycles. The number of rotatable bonds is 5. The van der Waals surface area contributed by atoms with Crippen LogP contribution in [0.2, 0.25) is 10.0 Å². The van der Waals surface area contributed by atoms with Crippen molar-refractivity contribution in [1.29, 1.82) is 0 Å². The smallest absolute Gasteiger partial charge is 0.308 e. The molecule has 3 amide bonds. The molecule has 2 aromatic rings. The quantitative estimate of drug-likeness (QED) is 0.387. The number of alkyl halides is 4. The first kappa shape index (κ1) is 22.0. The number of halogens is 6. The zero-order valence-corrected chi connectivity index (χ0v) is 17.0. The fourth-order valence-electron chi connectivity index (χ4n) is 1.85. The molecule has 0 atom stereocenters. The van der Waals surface area contributed by atoms with Gasteiger partial charge in [-0.1, -0.05) is 52.5 Å². The fraction of sp³-hybridized carbons (Fsp3) is 0.125. The van der Waals surface area contributed by atoms with Gasteiger partial charge >= 0.3 is 11.3 Å². The molecule has 144 valence electrons. The molecule has 0 saturated heterocycles. The van der Waals surface area contributed by atoms with Crippen molar-refractivity contribution < 1.29 is 18.4 Å². The van der Waals surface area contributed by atoms with E-state index in [1.54, 1.807) is 6.07 Å². The summed E-state index contributed by atoms with van der Waals surface area (Å²) in [5.41, 5.74) is 0.230. The number of nitrogens with one attached hydrogen (secondary N) is 2. The van der Waals surface area contributed by atoms with E-state index in [0.29, 0.717) is 0 Å². The topological polar surface area (TPSA) is 58.2 Å². The maximum absolute atomic E-state index is 13.5. The van der Waals surface area contributed by atoms with Crippen molar-refractivity contribution in [3.8, 4) is 0 Å². The Hall–Kier alpha value is -1.25. The van der Waals surface area contributed by atoms with E-state index in [-0.39, 0.29) is 38.0 Å². The van der Waals surface area contributed by atoms with Crippen molar-refractivity contribution in [3.05, 3.63) is 58.1 Å². The van der Waals surface area contributed by atoms with E-state index >= 15 is 0 Å². The van der Waals surface area contributed by atoms with Crippen molar-refractivity contribution >= 4 is 75.8 Å². The molecule has 0 unspecified atom stereocenters. The molecular formula is C16H10Cl4F2N2O2S. The number of anilines is 1. The normalized spacial score (nSPS) is 11.4. The number of imide groups is 1. The molecule has 0 radical (unpaired) electrons. The Labute approximate surface area is 177 Å². The Balaban J connectivity index is 1.99. The predicted octanol–water partition coefficient (Wildman–Crippen LogP) is 6.44. The molecule has 11 heteroatoms. The summed E-state index contributed by atoms with van der Waals surface area (Å²) in [7, 11) is 0. The van der Waals surface area contributed by atoms with Crippen LogP contribution in [-0.4, -0.2) is 22.0 Å². The molecule has 0 aliphatic rings. The third-order valence-corrected chi connectivity index (χ3v) is 5.49. The van der Waals surface area contributed by atoms with Crippen LogP contribution in [0.1, 0.15) is 10.4 Å². The Kier molecular flexibility index (Phi) is 7.59. The highest BCUT2D eigenvalue weighted by Gasteiger charge is 2.38. The molecule has 2 N–H and O–H groups in total. The summed E-state index contributed by atoms with van der Waals surface area (Å²) in [6.07, 6.45) is 0. The Bertz CT molecular complexity index is 831. The number of thioether (sulfide) groups is 1. The van der Waals surface area contributed by atoms with Crippen LogP contribution in [0.3, 0.4) is 0 Å². The van der Waals surface area contributed by atoms with Gasteiger partial charge in [0.05, 0.1) is 15.6 Å². The standard InChI is InChI=1S/C16H10Cl4F2N2O2S/c17-10-2-1-3-11(18)12(10)13(25)24-15(26)23-8-4-6-9(7-5-8)27-16(21,22)14(19)20/h1-7,14H,(H2,23,24,25,26). The van der Waals surface area contributed by atoms with Gasteiger partial charge in [0.1, 0.15) is 0 Å². The van der Waals surface area contributed by atoms with Gasteiger partial charge in [-0.05, 0) is 48.2 Å². The molecule has 0 aliphatic carbocycles. The van der Waals surface area contributed by atoms with Gasteiger partial charge in [-0.3, -0.25) is 10.1 Å². The lowest BCUT2D eigenvalue weighted by Gasteiger charge is -2.16. The molecule has 0 aliphatic heterocycles. The molecule has 2 rings (SSSR count). The summed E-state index contributed by atoms with van der Waals surface area (Å²) < 4.78 is 26.9. The number of hydrogen-bond donors (Lipinski definition) is 2. The van der Waals surface area contributed by atoms with Crippen molar-refractivity contribution in [3.63, 3.8) is 0 Å². The van der Waals surface area contributed by atoms with E-state index in [4.69, 9.17) is 46.4 Å². The van der Waals surface area contributed by atoms with Gasteiger partial charge in [0.2, 0.25) is 0 Å². The SMILES string of the molecule is O=C(NC(=O)c1c(Cl)cccc1Cl)Nc1ccc(SC(F)(F)C(Cl)Cl)cc1. The summed E-state index contributed by atoms with van der Waals surface area (Å²) in [5.74, 6) is -0.787. The van der Waals surface area contributed by atoms with Crippen LogP contribution in [0, 0.1) is 0 Å². The minimum absolute atomic E-state index is 0.0401. The fourth-order valence-corrected chi connectivity index (χ4v) is 3.36. The van der Waals surface area contributed by atoms with Gasteiger partial charge in [0, 0.05) is 10.6 Å². The average Bonchev–Trinajstić information content (AvgIpc) is 2.56. The maximum Gasteiger partial charge on any atom is 0.327 e.